The molecule has 2 atom stereocenters. The summed E-state index contributed by atoms with van der Waals surface area (Å²) in [4.78, 5) is 11.4. The van der Waals surface area contributed by atoms with E-state index in [9.17, 15) is 13.6 Å². The predicted octanol–water partition coefficient (Wildman–Crippen LogP) is 1.46. The molecule has 0 aromatic carbocycles. The van der Waals surface area contributed by atoms with Crippen LogP contribution in [0.5, 0.6) is 0 Å². The second-order valence-corrected chi connectivity index (χ2v) is 3.82. The van der Waals surface area contributed by atoms with Crippen LogP contribution in [0.25, 0.3) is 0 Å². The molecule has 0 aromatic heterocycles. The number of hydrogen-bond donors (Lipinski definition) is 1. The van der Waals surface area contributed by atoms with Gasteiger partial charge in [0.25, 0.3) is 0 Å². The molecule has 0 amide bonds. The lowest BCUT2D eigenvalue weighted by atomic mass is 9.73. The summed E-state index contributed by atoms with van der Waals surface area (Å²) >= 11 is 0. The van der Waals surface area contributed by atoms with E-state index in [4.69, 9.17) is 0 Å². The Morgan fingerprint density at radius 3 is 2.67 bits per heavy atom. The van der Waals surface area contributed by atoms with Gasteiger partial charge in [0.15, 0.2) is 0 Å². The number of piperidine rings is 1. The van der Waals surface area contributed by atoms with Crippen LogP contribution >= 0.6 is 12.4 Å². The van der Waals surface area contributed by atoms with Crippen molar-refractivity contribution in [3.8, 4) is 0 Å². The molecule has 0 radical (unpaired) electrons. The molecule has 0 aliphatic carbocycles. The summed E-state index contributed by atoms with van der Waals surface area (Å²) in [5.41, 5.74) is -1.10. The molecular formula is C9H16ClF2NO2. The van der Waals surface area contributed by atoms with Gasteiger partial charge < -0.3 is 10.1 Å². The first-order valence-corrected chi connectivity index (χ1v) is 4.59. The molecule has 1 rings (SSSR count). The van der Waals surface area contributed by atoms with Crippen molar-refractivity contribution < 1.29 is 18.3 Å². The summed E-state index contributed by atoms with van der Waals surface area (Å²) in [6, 6.07) is 0. The van der Waals surface area contributed by atoms with Crippen molar-refractivity contribution >= 4 is 18.4 Å². The van der Waals surface area contributed by atoms with Gasteiger partial charge in [-0.2, -0.15) is 0 Å². The second kappa shape index (κ2) is 5.61. The van der Waals surface area contributed by atoms with E-state index in [-0.39, 0.29) is 19.0 Å². The topological polar surface area (TPSA) is 38.3 Å². The smallest absolute Gasteiger partial charge is 0.313 e. The Bertz CT molecular complexity index is 228. The molecule has 0 spiro atoms. The molecule has 1 N–H and O–H groups in total. The third-order valence-electron chi connectivity index (χ3n) is 2.90. The summed E-state index contributed by atoms with van der Waals surface area (Å²) in [5, 5.41) is 2.94. The minimum Gasteiger partial charge on any atom is -0.469 e. The lowest BCUT2D eigenvalue weighted by molar-refractivity contribution is -0.161. The van der Waals surface area contributed by atoms with E-state index in [0.29, 0.717) is 13.0 Å². The molecule has 1 aliphatic heterocycles. The molecular weight excluding hydrogens is 228 g/mol. The summed E-state index contributed by atoms with van der Waals surface area (Å²) in [5.74, 6) is -1.47. The zero-order valence-electron chi connectivity index (χ0n) is 8.76. The molecule has 1 saturated heterocycles. The number of halogens is 3. The van der Waals surface area contributed by atoms with E-state index in [0.717, 1.165) is 0 Å². The van der Waals surface area contributed by atoms with E-state index in [1.165, 1.54) is 14.0 Å². The van der Waals surface area contributed by atoms with Crippen LogP contribution in [0.3, 0.4) is 0 Å². The molecule has 0 aromatic rings. The standard InChI is InChI=1S/C9H15F2NO2.ClH/c1-9(8(13)14-2)5-12-4-3-6(9)7(10)11;/h6-7,12H,3-5H2,1-2H3;1H/t6-,9-;/m1./s1. The van der Waals surface area contributed by atoms with Gasteiger partial charge in [0, 0.05) is 12.5 Å². The Morgan fingerprint density at radius 2 is 2.20 bits per heavy atom. The maximum atomic E-state index is 12.7. The number of carbonyl (C=O) groups excluding carboxylic acids is 1. The number of alkyl halides is 2. The fourth-order valence-electron chi connectivity index (χ4n) is 1.92. The molecule has 3 nitrogen and oxygen atoms in total. The summed E-state index contributed by atoms with van der Waals surface area (Å²) < 4.78 is 29.9. The fraction of sp³-hybridized carbons (Fsp3) is 0.889. The zero-order valence-corrected chi connectivity index (χ0v) is 9.57. The molecule has 1 fully saturated rings. The van der Waals surface area contributed by atoms with Crippen LogP contribution in [0.2, 0.25) is 0 Å². The number of methoxy groups -OCH3 is 1. The first-order valence-electron chi connectivity index (χ1n) is 4.59. The van der Waals surface area contributed by atoms with E-state index < -0.39 is 23.7 Å². The second-order valence-electron chi connectivity index (χ2n) is 3.82. The van der Waals surface area contributed by atoms with Gasteiger partial charge in [-0.05, 0) is 19.9 Å². The molecule has 1 heterocycles. The molecule has 0 unspecified atom stereocenters. The van der Waals surface area contributed by atoms with E-state index in [1.54, 1.807) is 0 Å². The van der Waals surface area contributed by atoms with Gasteiger partial charge in [0.05, 0.1) is 12.5 Å². The quantitative estimate of drug-likeness (QED) is 0.747. The number of nitrogens with one attached hydrogen (secondary N) is 1. The Balaban J connectivity index is 0.00000196. The molecule has 0 saturated carbocycles. The number of esters is 1. The monoisotopic (exact) mass is 243 g/mol. The minimum absolute atomic E-state index is 0. The summed E-state index contributed by atoms with van der Waals surface area (Å²) in [7, 11) is 1.23. The largest absolute Gasteiger partial charge is 0.469 e. The third kappa shape index (κ3) is 2.78. The van der Waals surface area contributed by atoms with Gasteiger partial charge in [0.2, 0.25) is 6.43 Å². The highest BCUT2D eigenvalue weighted by Crippen LogP contribution is 2.37. The first-order chi connectivity index (χ1) is 6.52. The van der Waals surface area contributed by atoms with Crippen molar-refractivity contribution in [2.75, 3.05) is 20.2 Å². The molecule has 90 valence electrons. The lowest BCUT2D eigenvalue weighted by Gasteiger charge is -2.38. The number of hydrogen-bond acceptors (Lipinski definition) is 3. The molecule has 1 aliphatic rings. The van der Waals surface area contributed by atoms with Crippen LogP contribution in [-0.2, 0) is 9.53 Å². The number of ether oxygens (including phenoxy) is 1. The highest BCUT2D eigenvalue weighted by atomic mass is 35.5. The minimum atomic E-state index is -2.47. The van der Waals surface area contributed by atoms with Crippen LogP contribution in [-0.4, -0.2) is 32.6 Å². The van der Waals surface area contributed by atoms with Crippen LogP contribution in [0.15, 0.2) is 0 Å². The fourth-order valence-corrected chi connectivity index (χ4v) is 1.92. The van der Waals surface area contributed by atoms with Crippen molar-refractivity contribution in [2.24, 2.45) is 11.3 Å². The van der Waals surface area contributed by atoms with Crippen molar-refractivity contribution in [2.45, 2.75) is 19.8 Å². The van der Waals surface area contributed by atoms with Crippen molar-refractivity contribution in [3.05, 3.63) is 0 Å². The predicted molar refractivity (Wildman–Crippen MR) is 54.4 cm³/mol. The van der Waals surface area contributed by atoms with Gasteiger partial charge in [-0.25, -0.2) is 8.78 Å². The van der Waals surface area contributed by atoms with Crippen molar-refractivity contribution in [1.29, 1.82) is 0 Å². The van der Waals surface area contributed by atoms with E-state index >= 15 is 0 Å². The highest BCUT2D eigenvalue weighted by molar-refractivity contribution is 5.85. The number of carbonyl (C=O) groups is 1. The molecule has 15 heavy (non-hydrogen) atoms. The van der Waals surface area contributed by atoms with Crippen LogP contribution in [0.1, 0.15) is 13.3 Å². The first kappa shape index (κ1) is 14.6. The van der Waals surface area contributed by atoms with Gasteiger partial charge in [0.1, 0.15) is 0 Å². The van der Waals surface area contributed by atoms with Gasteiger partial charge in [-0.1, -0.05) is 0 Å². The number of rotatable bonds is 2. The lowest BCUT2D eigenvalue weighted by Crippen LogP contribution is -2.52. The average molecular weight is 244 g/mol. The maximum Gasteiger partial charge on any atom is 0.313 e. The SMILES string of the molecule is COC(=O)[C@]1(C)CNCC[C@@H]1C(F)F.Cl. The Hall–Kier alpha value is -0.420. The summed E-state index contributed by atoms with van der Waals surface area (Å²) in [6.45, 7) is 2.32. The van der Waals surface area contributed by atoms with Crippen LogP contribution < -0.4 is 5.32 Å². The maximum absolute atomic E-state index is 12.7. The Labute approximate surface area is 94.0 Å². The van der Waals surface area contributed by atoms with Crippen LogP contribution in [0.4, 0.5) is 8.78 Å². The van der Waals surface area contributed by atoms with Crippen molar-refractivity contribution in [1.82, 2.24) is 5.32 Å². The third-order valence-corrected chi connectivity index (χ3v) is 2.90. The zero-order chi connectivity index (χ0) is 10.8. The molecule has 0 bridgehead atoms. The normalized spacial score (nSPS) is 30.9. The Morgan fingerprint density at radius 1 is 1.60 bits per heavy atom. The van der Waals surface area contributed by atoms with E-state index in [1.807, 2.05) is 0 Å². The summed E-state index contributed by atoms with van der Waals surface area (Å²) in [6.07, 6.45) is -2.16. The van der Waals surface area contributed by atoms with Gasteiger partial charge in [-0.15, -0.1) is 12.4 Å². The molecule has 6 heteroatoms. The Kier molecular flexibility index (Phi) is 5.45. The van der Waals surface area contributed by atoms with Gasteiger partial charge >= 0.3 is 5.97 Å². The average Bonchev–Trinajstić information content (AvgIpc) is 2.16. The van der Waals surface area contributed by atoms with Gasteiger partial charge in [-0.3, -0.25) is 4.79 Å². The van der Waals surface area contributed by atoms with E-state index in [2.05, 4.69) is 10.1 Å². The van der Waals surface area contributed by atoms with Crippen LogP contribution in [0, 0.1) is 11.3 Å². The highest BCUT2D eigenvalue weighted by Gasteiger charge is 2.48. The van der Waals surface area contributed by atoms with Crippen molar-refractivity contribution in [3.63, 3.8) is 0 Å².